The molecule has 3 nitrogen and oxygen atoms in total. The summed E-state index contributed by atoms with van der Waals surface area (Å²) >= 11 is 1.80. The Morgan fingerprint density at radius 3 is 2.17 bits per heavy atom. The fourth-order valence-electron chi connectivity index (χ4n) is 5.18. The summed E-state index contributed by atoms with van der Waals surface area (Å²) < 4.78 is 7.13. The van der Waals surface area contributed by atoms with E-state index in [1.807, 2.05) is 66.4 Å². The molecule has 0 fully saturated rings. The second kappa shape index (κ2) is 9.03. The minimum absolute atomic E-state index is 0.0255. The molecule has 6 rings (SSSR count). The molecule has 2 unspecified atom stereocenters. The van der Waals surface area contributed by atoms with Crippen molar-refractivity contribution in [2.45, 2.75) is 36.1 Å². The van der Waals surface area contributed by atoms with E-state index in [-0.39, 0.29) is 11.2 Å². The summed E-state index contributed by atoms with van der Waals surface area (Å²) in [5.74, 6) is 0.621. The average Bonchev–Trinajstić information content (AvgIpc) is 3.07. The SMILES string of the molecule is CC1=C(c2ccccc2)OC2(c3ccc(C)cc3)CC(c3ccccc3)Sc3ccccc3N2C1=O. The minimum Gasteiger partial charge on any atom is -0.462 e. The average molecular weight is 490 g/mol. The number of amides is 1. The van der Waals surface area contributed by atoms with Gasteiger partial charge in [0.1, 0.15) is 5.76 Å². The van der Waals surface area contributed by atoms with Crippen molar-refractivity contribution in [3.8, 4) is 0 Å². The molecule has 0 aromatic heterocycles. The lowest BCUT2D eigenvalue weighted by molar-refractivity contribution is -0.122. The van der Waals surface area contributed by atoms with Gasteiger partial charge in [-0.1, -0.05) is 103 Å². The van der Waals surface area contributed by atoms with Crippen LogP contribution in [0.3, 0.4) is 0 Å². The lowest BCUT2D eigenvalue weighted by Gasteiger charge is -2.48. The smallest absolute Gasteiger partial charge is 0.261 e. The molecule has 2 aliphatic heterocycles. The Bertz CT molecular complexity index is 1450. The first-order valence-electron chi connectivity index (χ1n) is 12.2. The molecular weight excluding hydrogens is 462 g/mol. The summed E-state index contributed by atoms with van der Waals surface area (Å²) in [6.07, 6.45) is 0.606. The lowest BCUT2D eigenvalue weighted by Crippen LogP contribution is -2.55. The highest BCUT2D eigenvalue weighted by atomic mass is 32.2. The highest BCUT2D eigenvalue weighted by Gasteiger charge is 2.53. The maximum atomic E-state index is 14.3. The van der Waals surface area contributed by atoms with Crippen molar-refractivity contribution in [3.05, 3.63) is 137 Å². The van der Waals surface area contributed by atoms with Crippen LogP contribution in [-0.2, 0) is 15.3 Å². The first kappa shape index (κ1) is 22.7. The predicted octanol–water partition coefficient (Wildman–Crippen LogP) is 7.88. The first-order valence-corrected chi connectivity index (χ1v) is 13.1. The predicted molar refractivity (Wildman–Crippen MR) is 147 cm³/mol. The number of carbonyl (C=O) groups is 1. The van der Waals surface area contributed by atoms with Crippen LogP contribution in [0.15, 0.2) is 120 Å². The molecule has 2 atom stereocenters. The fraction of sp³-hybridized carbons (Fsp3) is 0.156. The number of hydrogen-bond donors (Lipinski definition) is 0. The van der Waals surface area contributed by atoms with E-state index in [1.54, 1.807) is 11.8 Å². The molecule has 178 valence electrons. The standard InChI is InChI=1S/C32H27NO2S/c1-22-17-19-26(20-18-22)32-21-29(24-11-5-3-6-12-24)36-28-16-10-9-15-27(28)33(32)31(34)23(2)30(35-32)25-13-7-4-8-14-25/h3-20,29H,21H2,1-2H3. The number of hydrogen-bond acceptors (Lipinski definition) is 3. The summed E-state index contributed by atoms with van der Waals surface area (Å²) in [4.78, 5) is 17.3. The Labute approximate surface area is 216 Å². The third-order valence-electron chi connectivity index (χ3n) is 7.04. The van der Waals surface area contributed by atoms with Crippen molar-refractivity contribution in [1.82, 2.24) is 0 Å². The third-order valence-corrected chi connectivity index (χ3v) is 8.37. The zero-order valence-electron chi connectivity index (χ0n) is 20.3. The topological polar surface area (TPSA) is 29.5 Å². The number of ether oxygens (including phenoxy) is 1. The first-order chi connectivity index (χ1) is 17.6. The summed E-state index contributed by atoms with van der Waals surface area (Å²) in [5.41, 5.74) is 4.77. The van der Waals surface area contributed by atoms with E-state index in [1.165, 1.54) is 11.1 Å². The van der Waals surface area contributed by atoms with Crippen LogP contribution >= 0.6 is 11.8 Å². The van der Waals surface area contributed by atoms with Gasteiger partial charge in [0.15, 0.2) is 0 Å². The molecule has 0 spiro atoms. The van der Waals surface area contributed by atoms with Gasteiger partial charge in [-0.2, -0.15) is 0 Å². The summed E-state index contributed by atoms with van der Waals surface area (Å²) in [5, 5.41) is 0.0851. The Hall–Kier alpha value is -3.76. The van der Waals surface area contributed by atoms with Crippen molar-refractivity contribution in [1.29, 1.82) is 0 Å². The number of nitrogens with zero attached hydrogens (tertiary/aromatic N) is 1. The Balaban J connectivity index is 1.64. The molecule has 1 amide bonds. The van der Waals surface area contributed by atoms with Gasteiger partial charge in [0.05, 0.1) is 11.3 Å². The van der Waals surface area contributed by atoms with Crippen LogP contribution in [0.25, 0.3) is 5.76 Å². The molecule has 0 N–H and O–H groups in total. The quantitative estimate of drug-likeness (QED) is 0.293. The maximum Gasteiger partial charge on any atom is 0.261 e. The summed E-state index contributed by atoms with van der Waals surface area (Å²) in [7, 11) is 0. The van der Waals surface area contributed by atoms with Crippen molar-refractivity contribution in [2.24, 2.45) is 0 Å². The second-order valence-corrected chi connectivity index (χ2v) is 10.6. The molecule has 4 aromatic rings. The maximum absolute atomic E-state index is 14.3. The number of aryl methyl sites for hydroxylation is 1. The number of carbonyl (C=O) groups excluding carboxylic acids is 1. The number of benzene rings is 4. The normalized spacial score (nSPS) is 21.3. The molecule has 0 radical (unpaired) electrons. The van der Waals surface area contributed by atoms with E-state index in [2.05, 4.69) is 61.5 Å². The van der Waals surface area contributed by atoms with Crippen LogP contribution in [0.1, 0.15) is 40.8 Å². The summed E-state index contributed by atoms with van der Waals surface area (Å²) in [6, 6.07) is 37.1. The monoisotopic (exact) mass is 489 g/mol. The van der Waals surface area contributed by atoms with Gasteiger partial charge in [0.2, 0.25) is 5.72 Å². The second-order valence-electron chi connectivity index (χ2n) is 9.40. The van der Waals surface area contributed by atoms with Crippen LogP contribution in [0.2, 0.25) is 0 Å². The molecule has 0 saturated heterocycles. The van der Waals surface area contributed by atoms with Crippen LogP contribution < -0.4 is 4.90 Å². The van der Waals surface area contributed by atoms with Gasteiger partial charge in [-0.05, 0) is 31.5 Å². The third kappa shape index (κ3) is 3.73. The lowest BCUT2D eigenvalue weighted by atomic mass is 9.89. The van der Waals surface area contributed by atoms with E-state index in [0.717, 1.165) is 21.7 Å². The van der Waals surface area contributed by atoms with Gasteiger partial charge in [-0.3, -0.25) is 9.69 Å². The van der Waals surface area contributed by atoms with Gasteiger partial charge in [-0.15, -0.1) is 11.8 Å². The van der Waals surface area contributed by atoms with Crippen LogP contribution in [0.4, 0.5) is 5.69 Å². The molecular formula is C32H27NO2S. The van der Waals surface area contributed by atoms with Gasteiger partial charge in [0.25, 0.3) is 5.91 Å². The van der Waals surface area contributed by atoms with E-state index in [9.17, 15) is 4.79 Å². The molecule has 36 heavy (non-hydrogen) atoms. The fourth-order valence-corrected chi connectivity index (χ4v) is 6.53. The van der Waals surface area contributed by atoms with Gasteiger partial charge in [-0.25, -0.2) is 0 Å². The summed E-state index contributed by atoms with van der Waals surface area (Å²) in [6.45, 7) is 3.95. The van der Waals surface area contributed by atoms with E-state index >= 15 is 0 Å². The van der Waals surface area contributed by atoms with E-state index in [4.69, 9.17) is 4.74 Å². The molecule has 0 aliphatic carbocycles. The van der Waals surface area contributed by atoms with Crippen molar-refractivity contribution < 1.29 is 9.53 Å². The van der Waals surface area contributed by atoms with E-state index in [0.29, 0.717) is 17.8 Å². The van der Waals surface area contributed by atoms with Gasteiger partial charge >= 0.3 is 0 Å². The Morgan fingerprint density at radius 2 is 1.44 bits per heavy atom. The molecule has 0 saturated carbocycles. The molecule has 2 heterocycles. The van der Waals surface area contributed by atoms with Crippen LogP contribution in [0.5, 0.6) is 0 Å². The van der Waals surface area contributed by atoms with Crippen molar-refractivity contribution >= 4 is 29.1 Å². The van der Waals surface area contributed by atoms with Gasteiger partial charge < -0.3 is 4.74 Å². The zero-order chi connectivity index (χ0) is 24.7. The molecule has 2 aliphatic rings. The number of rotatable bonds is 3. The minimum atomic E-state index is -1.00. The zero-order valence-corrected chi connectivity index (χ0v) is 21.2. The van der Waals surface area contributed by atoms with Gasteiger partial charge in [0, 0.05) is 27.7 Å². The van der Waals surface area contributed by atoms with Crippen LogP contribution in [-0.4, -0.2) is 5.91 Å². The number of fused-ring (bicyclic) bond motifs is 3. The number of thioether (sulfide) groups is 1. The number of para-hydroxylation sites is 1. The van der Waals surface area contributed by atoms with Crippen molar-refractivity contribution in [2.75, 3.05) is 4.90 Å². The van der Waals surface area contributed by atoms with Crippen LogP contribution in [0, 0.1) is 6.92 Å². The molecule has 4 heteroatoms. The highest BCUT2D eigenvalue weighted by Crippen LogP contribution is 2.57. The van der Waals surface area contributed by atoms with E-state index < -0.39 is 5.72 Å². The van der Waals surface area contributed by atoms with Crippen molar-refractivity contribution in [3.63, 3.8) is 0 Å². The largest absolute Gasteiger partial charge is 0.462 e. The highest BCUT2D eigenvalue weighted by molar-refractivity contribution is 7.99. The molecule has 4 aromatic carbocycles. The Morgan fingerprint density at radius 1 is 0.806 bits per heavy atom. The molecule has 0 bridgehead atoms. The number of anilines is 1. The Kier molecular flexibility index (Phi) is 5.69.